The van der Waals surface area contributed by atoms with Gasteiger partial charge in [0.25, 0.3) is 5.97 Å². The number of benzene rings is 1. The van der Waals surface area contributed by atoms with Crippen LogP contribution in [0.15, 0.2) is 30.3 Å². The normalized spacial score (nSPS) is 18.4. The summed E-state index contributed by atoms with van der Waals surface area (Å²) in [6.07, 6.45) is 0.409. The third-order valence-electron chi connectivity index (χ3n) is 1.50. The first kappa shape index (κ1) is 9.74. The van der Waals surface area contributed by atoms with Crippen LogP contribution in [0.1, 0.15) is 18.6 Å². The van der Waals surface area contributed by atoms with Gasteiger partial charge in [-0.15, -0.1) is 0 Å². The lowest BCUT2D eigenvalue weighted by Crippen LogP contribution is -1.78. The van der Waals surface area contributed by atoms with Crippen LogP contribution >= 0.6 is 0 Å². The molecule has 1 unspecified atom stereocenters. The van der Waals surface area contributed by atoms with Crippen molar-refractivity contribution < 1.29 is 14.6 Å². The van der Waals surface area contributed by atoms with Crippen molar-refractivity contribution in [3.8, 4) is 0 Å². The predicted molar refractivity (Wildman–Crippen MR) is 48.4 cm³/mol. The van der Waals surface area contributed by atoms with Gasteiger partial charge < -0.3 is 9.84 Å². The van der Waals surface area contributed by atoms with Gasteiger partial charge in [-0.1, -0.05) is 30.3 Å². The summed E-state index contributed by atoms with van der Waals surface area (Å²) in [5.74, 6) is -0.833. The molecule has 0 spiro atoms. The molecule has 1 aromatic carbocycles. The minimum absolute atomic E-state index is 0.409. The molecule has 70 valence electrons. The molecule has 1 fully saturated rings. The molecule has 0 aromatic heterocycles. The van der Waals surface area contributed by atoms with Crippen molar-refractivity contribution >= 4 is 5.97 Å². The summed E-state index contributed by atoms with van der Waals surface area (Å²) in [4.78, 5) is 9.00. The topological polar surface area (TPSA) is 49.8 Å². The van der Waals surface area contributed by atoms with Crippen LogP contribution in [0.5, 0.6) is 0 Å². The molecule has 1 aliphatic rings. The van der Waals surface area contributed by atoms with Gasteiger partial charge in [0.15, 0.2) is 0 Å². The van der Waals surface area contributed by atoms with Crippen molar-refractivity contribution in [3.05, 3.63) is 35.9 Å². The third-order valence-corrected chi connectivity index (χ3v) is 1.50. The largest absolute Gasteiger partial charge is 0.481 e. The SMILES string of the molecule is CC(=O)O.c1ccc(C2CO2)cc1. The number of epoxide rings is 1. The first-order valence-electron chi connectivity index (χ1n) is 4.06. The smallest absolute Gasteiger partial charge is 0.300 e. The van der Waals surface area contributed by atoms with E-state index in [4.69, 9.17) is 14.6 Å². The van der Waals surface area contributed by atoms with Crippen LogP contribution in [0.2, 0.25) is 0 Å². The van der Waals surface area contributed by atoms with Crippen molar-refractivity contribution in [3.63, 3.8) is 0 Å². The number of carbonyl (C=O) groups is 1. The van der Waals surface area contributed by atoms with Gasteiger partial charge in [0.05, 0.1) is 6.61 Å². The summed E-state index contributed by atoms with van der Waals surface area (Å²) < 4.78 is 5.09. The second kappa shape index (κ2) is 4.62. The number of aliphatic carboxylic acids is 1. The summed E-state index contributed by atoms with van der Waals surface area (Å²) in [5, 5.41) is 7.42. The maximum absolute atomic E-state index is 9.00. The highest BCUT2D eigenvalue weighted by Crippen LogP contribution is 2.28. The summed E-state index contributed by atoms with van der Waals surface area (Å²) in [6, 6.07) is 10.3. The van der Waals surface area contributed by atoms with Crippen molar-refractivity contribution in [2.24, 2.45) is 0 Å². The molecule has 0 amide bonds. The van der Waals surface area contributed by atoms with Gasteiger partial charge in [0, 0.05) is 6.92 Å². The maximum Gasteiger partial charge on any atom is 0.300 e. The number of ether oxygens (including phenoxy) is 1. The molecular formula is C10H12O3. The molecule has 1 N–H and O–H groups in total. The minimum Gasteiger partial charge on any atom is -0.481 e. The quantitative estimate of drug-likeness (QED) is 0.671. The predicted octanol–water partition coefficient (Wildman–Crippen LogP) is 1.85. The summed E-state index contributed by atoms with van der Waals surface area (Å²) in [7, 11) is 0. The monoisotopic (exact) mass is 180 g/mol. The first-order valence-corrected chi connectivity index (χ1v) is 4.06. The Morgan fingerprint density at radius 3 is 2.31 bits per heavy atom. The maximum atomic E-state index is 9.00. The molecule has 1 aliphatic heterocycles. The van der Waals surface area contributed by atoms with Gasteiger partial charge in [-0.25, -0.2) is 0 Å². The lowest BCUT2D eigenvalue weighted by Gasteiger charge is -1.89. The average molecular weight is 180 g/mol. The van der Waals surface area contributed by atoms with E-state index in [-0.39, 0.29) is 0 Å². The second-order valence-corrected chi connectivity index (χ2v) is 2.75. The Balaban J connectivity index is 0.000000184. The van der Waals surface area contributed by atoms with Crippen LogP contribution in [0.25, 0.3) is 0 Å². The van der Waals surface area contributed by atoms with Crippen molar-refractivity contribution in [2.45, 2.75) is 13.0 Å². The highest BCUT2D eigenvalue weighted by Gasteiger charge is 2.23. The van der Waals surface area contributed by atoms with E-state index < -0.39 is 5.97 Å². The minimum atomic E-state index is -0.833. The van der Waals surface area contributed by atoms with E-state index >= 15 is 0 Å². The Morgan fingerprint density at radius 1 is 1.46 bits per heavy atom. The summed E-state index contributed by atoms with van der Waals surface area (Å²) in [6.45, 7) is 1.99. The number of carboxylic acids is 1. The second-order valence-electron chi connectivity index (χ2n) is 2.75. The Kier molecular flexibility index (Phi) is 3.46. The van der Waals surface area contributed by atoms with Crippen LogP contribution in [0.3, 0.4) is 0 Å². The van der Waals surface area contributed by atoms with Gasteiger partial charge >= 0.3 is 0 Å². The first-order chi connectivity index (χ1) is 6.20. The van der Waals surface area contributed by atoms with Crippen LogP contribution in [-0.2, 0) is 9.53 Å². The molecule has 0 bridgehead atoms. The van der Waals surface area contributed by atoms with Gasteiger partial charge in [-0.3, -0.25) is 4.79 Å². The standard InChI is InChI=1S/C8H8O.C2H4O2/c1-2-4-7(5-3-1)8-6-9-8;1-2(3)4/h1-5,8H,6H2;1H3,(H,3,4). The third kappa shape index (κ3) is 4.28. The van der Waals surface area contributed by atoms with Gasteiger partial charge in [0.2, 0.25) is 0 Å². The van der Waals surface area contributed by atoms with Crippen LogP contribution in [0.4, 0.5) is 0 Å². The van der Waals surface area contributed by atoms with Crippen molar-refractivity contribution in [1.29, 1.82) is 0 Å². The van der Waals surface area contributed by atoms with E-state index in [9.17, 15) is 0 Å². The Hall–Kier alpha value is -1.35. The van der Waals surface area contributed by atoms with Crippen molar-refractivity contribution in [1.82, 2.24) is 0 Å². The van der Waals surface area contributed by atoms with E-state index in [1.165, 1.54) is 5.56 Å². The number of hydrogen-bond donors (Lipinski definition) is 1. The molecule has 0 saturated carbocycles. The van der Waals surface area contributed by atoms with Crippen LogP contribution < -0.4 is 0 Å². The Labute approximate surface area is 77.0 Å². The van der Waals surface area contributed by atoms with E-state index in [0.29, 0.717) is 6.10 Å². The molecule has 1 atom stereocenters. The molecule has 1 heterocycles. The lowest BCUT2D eigenvalue weighted by molar-refractivity contribution is -0.134. The Bertz CT molecular complexity index is 261. The van der Waals surface area contributed by atoms with E-state index in [1.54, 1.807) is 0 Å². The fourth-order valence-corrected chi connectivity index (χ4v) is 0.908. The molecule has 1 aromatic rings. The van der Waals surface area contributed by atoms with Gasteiger partial charge in [-0.2, -0.15) is 0 Å². The number of carboxylic acid groups (broad SMARTS) is 1. The molecule has 1 saturated heterocycles. The fourth-order valence-electron chi connectivity index (χ4n) is 0.908. The van der Waals surface area contributed by atoms with Gasteiger partial charge in [0.1, 0.15) is 6.10 Å². The van der Waals surface area contributed by atoms with Crippen LogP contribution in [-0.4, -0.2) is 17.7 Å². The molecule has 0 radical (unpaired) electrons. The molecule has 2 rings (SSSR count). The zero-order valence-corrected chi connectivity index (χ0v) is 7.43. The lowest BCUT2D eigenvalue weighted by atomic mass is 10.2. The van der Waals surface area contributed by atoms with Gasteiger partial charge in [-0.05, 0) is 5.56 Å². The molecule has 3 nitrogen and oxygen atoms in total. The van der Waals surface area contributed by atoms with E-state index in [1.807, 2.05) is 18.2 Å². The highest BCUT2D eigenvalue weighted by atomic mass is 16.6. The Morgan fingerprint density at radius 2 is 1.92 bits per heavy atom. The van der Waals surface area contributed by atoms with Crippen LogP contribution in [0, 0.1) is 0 Å². The average Bonchev–Trinajstić information content (AvgIpc) is 2.87. The van der Waals surface area contributed by atoms with Crippen molar-refractivity contribution in [2.75, 3.05) is 6.61 Å². The van der Waals surface area contributed by atoms with E-state index in [2.05, 4.69) is 12.1 Å². The molecular weight excluding hydrogens is 168 g/mol. The summed E-state index contributed by atoms with van der Waals surface area (Å²) >= 11 is 0. The molecule has 0 aliphatic carbocycles. The zero-order chi connectivity index (χ0) is 9.68. The molecule has 13 heavy (non-hydrogen) atoms. The highest BCUT2D eigenvalue weighted by molar-refractivity contribution is 5.62. The molecule has 3 heteroatoms. The number of hydrogen-bond acceptors (Lipinski definition) is 2. The summed E-state index contributed by atoms with van der Waals surface area (Å²) in [5.41, 5.74) is 1.30. The zero-order valence-electron chi connectivity index (χ0n) is 7.43. The van der Waals surface area contributed by atoms with E-state index in [0.717, 1.165) is 13.5 Å². The number of rotatable bonds is 1. The fraction of sp³-hybridized carbons (Fsp3) is 0.300.